The van der Waals surface area contributed by atoms with Crippen molar-refractivity contribution in [2.24, 2.45) is 5.41 Å². The molecule has 0 radical (unpaired) electrons. The molecule has 1 atom stereocenters. The van der Waals surface area contributed by atoms with E-state index in [0.29, 0.717) is 0 Å². The Balaban J connectivity index is 2.18. The van der Waals surface area contributed by atoms with Crippen molar-refractivity contribution in [3.8, 4) is 5.75 Å². The SMILES string of the molecule is COc1ccc(Cl)cc1CC1(CNC(C)(C)C)CCOC1. The summed E-state index contributed by atoms with van der Waals surface area (Å²) in [5.41, 5.74) is 1.38. The Hall–Kier alpha value is -0.770. The normalized spacial score (nSPS) is 22.5. The highest BCUT2D eigenvalue weighted by molar-refractivity contribution is 6.30. The van der Waals surface area contributed by atoms with E-state index in [9.17, 15) is 0 Å². The first-order valence-electron chi connectivity index (χ1n) is 7.49. The maximum Gasteiger partial charge on any atom is 0.122 e. The standard InChI is InChI=1S/C17H26ClNO2/c1-16(2,3)19-11-17(7-8-21-12-17)10-13-9-14(18)5-6-15(13)20-4/h5-6,9,19H,7-8,10-12H2,1-4H3. The summed E-state index contributed by atoms with van der Waals surface area (Å²) >= 11 is 6.15. The molecule has 1 aromatic rings. The Morgan fingerprint density at radius 2 is 2.14 bits per heavy atom. The molecular formula is C17H26ClNO2. The average Bonchev–Trinajstić information content (AvgIpc) is 2.85. The minimum atomic E-state index is 0.105. The maximum atomic E-state index is 6.15. The van der Waals surface area contributed by atoms with Gasteiger partial charge in [0.2, 0.25) is 0 Å². The Morgan fingerprint density at radius 3 is 2.71 bits per heavy atom. The Kier molecular flexibility index (Phi) is 5.18. The fourth-order valence-corrected chi connectivity index (χ4v) is 2.93. The summed E-state index contributed by atoms with van der Waals surface area (Å²) in [5.74, 6) is 0.904. The number of rotatable bonds is 5. The fraction of sp³-hybridized carbons (Fsp3) is 0.647. The van der Waals surface area contributed by atoms with Crippen molar-refractivity contribution in [3.63, 3.8) is 0 Å². The average molecular weight is 312 g/mol. The van der Waals surface area contributed by atoms with E-state index in [1.54, 1.807) is 7.11 Å². The summed E-state index contributed by atoms with van der Waals surface area (Å²) in [6.07, 6.45) is 1.98. The van der Waals surface area contributed by atoms with Gasteiger partial charge in [-0.1, -0.05) is 11.6 Å². The molecule has 4 heteroatoms. The number of ether oxygens (including phenoxy) is 2. The summed E-state index contributed by atoms with van der Waals surface area (Å²) in [6.45, 7) is 9.12. The Morgan fingerprint density at radius 1 is 1.38 bits per heavy atom. The van der Waals surface area contributed by atoms with Crippen LogP contribution in [-0.2, 0) is 11.2 Å². The molecule has 0 amide bonds. The van der Waals surface area contributed by atoms with Gasteiger partial charge in [0.05, 0.1) is 13.7 Å². The lowest BCUT2D eigenvalue weighted by Gasteiger charge is -2.32. The molecule has 1 aliphatic rings. The number of halogens is 1. The molecule has 1 aliphatic heterocycles. The number of methoxy groups -OCH3 is 1. The lowest BCUT2D eigenvalue weighted by molar-refractivity contribution is 0.143. The summed E-state index contributed by atoms with van der Waals surface area (Å²) in [4.78, 5) is 0. The molecule has 1 N–H and O–H groups in total. The minimum absolute atomic E-state index is 0.105. The van der Waals surface area contributed by atoms with Crippen LogP contribution < -0.4 is 10.1 Å². The number of hydrogen-bond donors (Lipinski definition) is 1. The molecule has 1 aromatic carbocycles. The molecule has 1 unspecified atom stereocenters. The monoisotopic (exact) mass is 311 g/mol. The van der Waals surface area contributed by atoms with Gasteiger partial charge in [-0.3, -0.25) is 0 Å². The topological polar surface area (TPSA) is 30.5 Å². The van der Waals surface area contributed by atoms with Crippen molar-refractivity contribution in [1.82, 2.24) is 5.32 Å². The van der Waals surface area contributed by atoms with Crippen LogP contribution in [0.4, 0.5) is 0 Å². The van der Waals surface area contributed by atoms with E-state index in [2.05, 4.69) is 26.1 Å². The van der Waals surface area contributed by atoms with Gasteiger partial charge >= 0.3 is 0 Å². The Labute approximate surface area is 133 Å². The van der Waals surface area contributed by atoms with E-state index >= 15 is 0 Å². The first kappa shape index (κ1) is 16.6. The molecule has 0 saturated carbocycles. The van der Waals surface area contributed by atoms with Gasteiger partial charge in [0.15, 0.2) is 0 Å². The smallest absolute Gasteiger partial charge is 0.122 e. The first-order valence-corrected chi connectivity index (χ1v) is 7.87. The van der Waals surface area contributed by atoms with E-state index in [0.717, 1.165) is 48.9 Å². The molecule has 1 saturated heterocycles. The summed E-state index contributed by atoms with van der Waals surface area (Å²) in [6, 6.07) is 5.82. The maximum absolute atomic E-state index is 6.15. The van der Waals surface area contributed by atoms with Crippen molar-refractivity contribution >= 4 is 11.6 Å². The molecule has 3 nitrogen and oxygen atoms in total. The van der Waals surface area contributed by atoms with E-state index in [1.807, 2.05) is 18.2 Å². The molecule has 1 fully saturated rings. The van der Waals surface area contributed by atoms with Crippen molar-refractivity contribution in [1.29, 1.82) is 0 Å². The van der Waals surface area contributed by atoms with Crippen molar-refractivity contribution < 1.29 is 9.47 Å². The number of nitrogens with one attached hydrogen (secondary N) is 1. The van der Waals surface area contributed by atoms with Gasteiger partial charge < -0.3 is 14.8 Å². The zero-order valence-electron chi connectivity index (χ0n) is 13.5. The van der Waals surface area contributed by atoms with Crippen LogP contribution in [0.3, 0.4) is 0 Å². The van der Waals surface area contributed by atoms with Crippen LogP contribution in [0.2, 0.25) is 5.02 Å². The molecule has 2 rings (SSSR count). The van der Waals surface area contributed by atoms with Crippen LogP contribution in [0.25, 0.3) is 0 Å². The van der Waals surface area contributed by atoms with Gasteiger partial charge in [-0.2, -0.15) is 0 Å². The summed E-state index contributed by atoms with van der Waals surface area (Å²) < 4.78 is 11.2. The third-order valence-electron chi connectivity index (χ3n) is 3.99. The van der Waals surface area contributed by atoms with Crippen molar-refractivity contribution in [2.45, 2.75) is 39.2 Å². The van der Waals surface area contributed by atoms with Crippen LogP contribution in [0, 0.1) is 5.41 Å². The zero-order chi connectivity index (χ0) is 15.5. The first-order chi connectivity index (χ1) is 9.84. The van der Waals surface area contributed by atoms with Gasteiger partial charge in [0.25, 0.3) is 0 Å². The molecule has 0 bridgehead atoms. The summed E-state index contributed by atoms with van der Waals surface area (Å²) in [5, 5.41) is 4.38. The predicted molar refractivity (Wildman–Crippen MR) is 87.3 cm³/mol. The molecule has 118 valence electrons. The lowest BCUT2D eigenvalue weighted by atomic mass is 9.80. The fourth-order valence-electron chi connectivity index (χ4n) is 2.73. The molecule has 21 heavy (non-hydrogen) atoms. The highest BCUT2D eigenvalue weighted by Crippen LogP contribution is 2.36. The second-order valence-electron chi connectivity index (χ2n) is 7.04. The Bertz CT molecular complexity index is 476. The van der Waals surface area contributed by atoms with Crippen LogP contribution in [-0.4, -0.2) is 32.4 Å². The molecular weight excluding hydrogens is 286 g/mol. The van der Waals surface area contributed by atoms with E-state index in [1.165, 1.54) is 0 Å². The number of benzene rings is 1. The lowest BCUT2D eigenvalue weighted by Crippen LogP contribution is -2.45. The third-order valence-corrected chi connectivity index (χ3v) is 4.22. The molecule has 0 spiro atoms. The van der Waals surface area contributed by atoms with Crippen LogP contribution in [0.15, 0.2) is 18.2 Å². The van der Waals surface area contributed by atoms with E-state index < -0.39 is 0 Å². The molecule has 0 aliphatic carbocycles. The number of hydrogen-bond acceptors (Lipinski definition) is 3. The van der Waals surface area contributed by atoms with Crippen molar-refractivity contribution in [2.75, 3.05) is 26.9 Å². The van der Waals surface area contributed by atoms with Crippen LogP contribution in [0.1, 0.15) is 32.8 Å². The third kappa shape index (κ3) is 4.60. The summed E-state index contributed by atoms with van der Waals surface area (Å²) in [7, 11) is 1.71. The van der Waals surface area contributed by atoms with Gasteiger partial charge in [0, 0.05) is 29.1 Å². The largest absolute Gasteiger partial charge is 0.496 e. The minimum Gasteiger partial charge on any atom is -0.496 e. The van der Waals surface area contributed by atoms with Crippen LogP contribution >= 0.6 is 11.6 Å². The molecule has 0 aromatic heterocycles. The van der Waals surface area contributed by atoms with Gasteiger partial charge in [-0.05, 0) is 57.4 Å². The zero-order valence-corrected chi connectivity index (χ0v) is 14.2. The van der Waals surface area contributed by atoms with Crippen LogP contribution in [0.5, 0.6) is 5.75 Å². The van der Waals surface area contributed by atoms with E-state index in [-0.39, 0.29) is 11.0 Å². The second kappa shape index (κ2) is 6.55. The van der Waals surface area contributed by atoms with Gasteiger partial charge in [-0.25, -0.2) is 0 Å². The highest BCUT2D eigenvalue weighted by atomic mass is 35.5. The van der Waals surface area contributed by atoms with Gasteiger partial charge in [0.1, 0.15) is 5.75 Å². The second-order valence-corrected chi connectivity index (χ2v) is 7.48. The predicted octanol–water partition coefficient (Wildman–Crippen LogP) is 3.69. The molecule has 1 heterocycles. The van der Waals surface area contributed by atoms with E-state index in [4.69, 9.17) is 21.1 Å². The quantitative estimate of drug-likeness (QED) is 0.899. The van der Waals surface area contributed by atoms with Gasteiger partial charge in [-0.15, -0.1) is 0 Å². The van der Waals surface area contributed by atoms with Crippen molar-refractivity contribution in [3.05, 3.63) is 28.8 Å². The highest BCUT2D eigenvalue weighted by Gasteiger charge is 2.36.